The Morgan fingerprint density at radius 2 is 2.18 bits per heavy atom. The minimum absolute atomic E-state index is 0.212. The van der Waals surface area contributed by atoms with Crippen molar-refractivity contribution in [2.45, 2.75) is 6.54 Å². The highest BCUT2D eigenvalue weighted by Gasteiger charge is 2.11. The van der Waals surface area contributed by atoms with Gasteiger partial charge < -0.3 is 11.1 Å². The lowest BCUT2D eigenvalue weighted by Gasteiger charge is -2.07. The third kappa shape index (κ3) is 2.78. The number of anilines is 1. The highest BCUT2D eigenvalue weighted by atomic mass is 35.5. The smallest absolute Gasteiger partial charge is 0.253 e. The van der Waals surface area contributed by atoms with Gasteiger partial charge in [0.05, 0.1) is 22.8 Å². The van der Waals surface area contributed by atoms with E-state index < -0.39 is 0 Å². The van der Waals surface area contributed by atoms with Crippen LogP contribution in [0.15, 0.2) is 35.7 Å². The molecule has 0 fully saturated rings. The number of carbonyl (C=O) groups is 1. The van der Waals surface area contributed by atoms with E-state index in [1.165, 1.54) is 0 Å². The summed E-state index contributed by atoms with van der Waals surface area (Å²) in [7, 11) is 0. The van der Waals surface area contributed by atoms with Gasteiger partial charge in [-0.05, 0) is 23.6 Å². The molecule has 0 aliphatic carbocycles. The lowest BCUT2D eigenvalue weighted by atomic mass is 10.2. The van der Waals surface area contributed by atoms with Crippen molar-refractivity contribution in [3.63, 3.8) is 0 Å². The summed E-state index contributed by atoms with van der Waals surface area (Å²) < 4.78 is 0. The van der Waals surface area contributed by atoms with E-state index in [4.69, 9.17) is 17.3 Å². The van der Waals surface area contributed by atoms with Gasteiger partial charge in [-0.3, -0.25) is 4.79 Å². The zero-order valence-electron chi connectivity index (χ0n) is 8.94. The van der Waals surface area contributed by atoms with Gasteiger partial charge >= 0.3 is 0 Å². The maximum absolute atomic E-state index is 11.9. The van der Waals surface area contributed by atoms with Crippen LogP contribution in [0.3, 0.4) is 0 Å². The van der Waals surface area contributed by atoms with E-state index in [1.807, 2.05) is 17.5 Å². The van der Waals surface area contributed by atoms with Crippen LogP contribution in [-0.4, -0.2) is 5.91 Å². The van der Waals surface area contributed by atoms with Crippen LogP contribution in [0.4, 0.5) is 5.69 Å². The molecular weight excluding hydrogens is 256 g/mol. The average Bonchev–Trinajstić information content (AvgIpc) is 2.82. The number of carbonyl (C=O) groups excluding carboxylic acids is 1. The predicted octanol–water partition coefficient (Wildman–Crippen LogP) is 2.91. The summed E-state index contributed by atoms with van der Waals surface area (Å²) in [5, 5.41) is 5.07. The topological polar surface area (TPSA) is 55.1 Å². The Balaban J connectivity index is 2.07. The lowest BCUT2D eigenvalue weighted by molar-refractivity contribution is 0.0951. The van der Waals surface area contributed by atoms with E-state index in [0.29, 0.717) is 22.8 Å². The molecule has 88 valence electrons. The first-order valence-corrected chi connectivity index (χ1v) is 6.29. The number of halogens is 1. The Morgan fingerprint density at radius 1 is 1.35 bits per heavy atom. The van der Waals surface area contributed by atoms with Crippen LogP contribution < -0.4 is 11.1 Å². The highest BCUT2D eigenvalue weighted by Crippen LogP contribution is 2.22. The van der Waals surface area contributed by atoms with Crippen molar-refractivity contribution in [1.29, 1.82) is 0 Å². The van der Waals surface area contributed by atoms with Gasteiger partial charge in [0.15, 0.2) is 0 Å². The van der Waals surface area contributed by atoms with Crippen LogP contribution >= 0.6 is 22.9 Å². The third-order valence-electron chi connectivity index (χ3n) is 2.28. The molecule has 1 aromatic carbocycles. The summed E-state index contributed by atoms with van der Waals surface area (Å²) in [6, 6.07) is 8.94. The monoisotopic (exact) mass is 266 g/mol. The van der Waals surface area contributed by atoms with Crippen LogP contribution in [0.5, 0.6) is 0 Å². The molecule has 2 aromatic rings. The van der Waals surface area contributed by atoms with Crippen molar-refractivity contribution in [2.24, 2.45) is 0 Å². The minimum Gasteiger partial charge on any atom is -0.398 e. The molecule has 3 N–H and O–H groups in total. The molecule has 0 aliphatic heterocycles. The van der Waals surface area contributed by atoms with Gasteiger partial charge in [0, 0.05) is 4.88 Å². The van der Waals surface area contributed by atoms with Gasteiger partial charge in [-0.2, -0.15) is 0 Å². The maximum Gasteiger partial charge on any atom is 0.253 e. The van der Waals surface area contributed by atoms with Gasteiger partial charge in [-0.25, -0.2) is 0 Å². The summed E-state index contributed by atoms with van der Waals surface area (Å²) in [5.74, 6) is -0.212. The van der Waals surface area contributed by atoms with Gasteiger partial charge in [0.1, 0.15) is 0 Å². The number of nitrogens with two attached hydrogens (primary N) is 1. The van der Waals surface area contributed by atoms with Gasteiger partial charge in [-0.1, -0.05) is 23.7 Å². The minimum atomic E-state index is -0.212. The van der Waals surface area contributed by atoms with Crippen molar-refractivity contribution >= 4 is 34.5 Å². The fourth-order valence-electron chi connectivity index (χ4n) is 1.40. The summed E-state index contributed by atoms with van der Waals surface area (Å²) >= 11 is 7.56. The Hall–Kier alpha value is -1.52. The van der Waals surface area contributed by atoms with Crippen molar-refractivity contribution in [3.05, 3.63) is 51.2 Å². The second kappa shape index (κ2) is 5.21. The van der Waals surface area contributed by atoms with E-state index in [9.17, 15) is 4.79 Å². The first-order valence-electron chi connectivity index (χ1n) is 5.03. The number of benzene rings is 1. The molecule has 0 saturated carbocycles. The number of nitrogens with one attached hydrogen (secondary N) is 1. The molecule has 0 radical (unpaired) electrons. The Bertz CT molecular complexity index is 525. The number of hydrogen-bond acceptors (Lipinski definition) is 3. The number of hydrogen-bond donors (Lipinski definition) is 2. The van der Waals surface area contributed by atoms with Crippen LogP contribution in [0.2, 0.25) is 5.02 Å². The maximum atomic E-state index is 11.9. The zero-order chi connectivity index (χ0) is 12.3. The average molecular weight is 267 g/mol. The van der Waals surface area contributed by atoms with Crippen LogP contribution in [0, 0.1) is 0 Å². The van der Waals surface area contributed by atoms with E-state index in [2.05, 4.69) is 5.32 Å². The molecule has 0 unspecified atom stereocenters. The van der Waals surface area contributed by atoms with Gasteiger partial charge in [0.25, 0.3) is 5.91 Å². The SMILES string of the molecule is Nc1cccc(C(=O)NCc2cccs2)c1Cl. The summed E-state index contributed by atoms with van der Waals surface area (Å²) in [4.78, 5) is 13.0. The molecule has 0 aliphatic rings. The fraction of sp³-hybridized carbons (Fsp3) is 0.0833. The summed E-state index contributed by atoms with van der Waals surface area (Å²) in [5.41, 5.74) is 6.46. The zero-order valence-corrected chi connectivity index (χ0v) is 10.5. The number of amides is 1. The highest BCUT2D eigenvalue weighted by molar-refractivity contribution is 7.09. The molecule has 0 bridgehead atoms. The van der Waals surface area contributed by atoms with E-state index >= 15 is 0 Å². The predicted molar refractivity (Wildman–Crippen MR) is 71.4 cm³/mol. The summed E-state index contributed by atoms with van der Waals surface area (Å²) in [6.45, 7) is 0.502. The van der Waals surface area contributed by atoms with Crippen molar-refractivity contribution in [2.75, 3.05) is 5.73 Å². The van der Waals surface area contributed by atoms with Crippen molar-refractivity contribution in [3.8, 4) is 0 Å². The van der Waals surface area contributed by atoms with E-state index in [0.717, 1.165) is 4.88 Å². The Labute approximate surface area is 108 Å². The van der Waals surface area contributed by atoms with Crippen LogP contribution in [0.1, 0.15) is 15.2 Å². The van der Waals surface area contributed by atoms with Gasteiger partial charge in [-0.15, -0.1) is 11.3 Å². The molecular formula is C12H11ClN2OS. The van der Waals surface area contributed by atoms with E-state index in [-0.39, 0.29) is 5.91 Å². The first-order chi connectivity index (χ1) is 8.18. The quantitative estimate of drug-likeness (QED) is 0.840. The largest absolute Gasteiger partial charge is 0.398 e. The second-order valence-electron chi connectivity index (χ2n) is 3.47. The molecule has 17 heavy (non-hydrogen) atoms. The number of nitrogen functional groups attached to an aromatic ring is 1. The van der Waals surface area contributed by atoms with Crippen LogP contribution in [-0.2, 0) is 6.54 Å². The molecule has 3 nitrogen and oxygen atoms in total. The number of rotatable bonds is 3. The Morgan fingerprint density at radius 3 is 2.88 bits per heavy atom. The fourth-order valence-corrected chi connectivity index (χ4v) is 2.26. The molecule has 0 atom stereocenters. The Kier molecular flexibility index (Phi) is 3.66. The molecule has 1 amide bonds. The first kappa shape index (κ1) is 12.0. The lowest BCUT2D eigenvalue weighted by Crippen LogP contribution is -2.22. The number of thiophene rings is 1. The third-order valence-corrected chi connectivity index (χ3v) is 3.57. The standard InChI is InChI=1S/C12H11ClN2OS/c13-11-9(4-1-5-10(11)14)12(16)15-7-8-3-2-6-17-8/h1-6H,7,14H2,(H,15,16). The molecule has 1 heterocycles. The van der Waals surface area contributed by atoms with Crippen molar-refractivity contribution in [1.82, 2.24) is 5.32 Å². The molecule has 2 rings (SSSR count). The molecule has 0 saturated heterocycles. The summed E-state index contributed by atoms with van der Waals surface area (Å²) in [6.07, 6.45) is 0. The van der Waals surface area contributed by atoms with E-state index in [1.54, 1.807) is 29.5 Å². The second-order valence-corrected chi connectivity index (χ2v) is 4.88. The van der Waals surface area contributed by atoms with Crippen molar-refractivity contribution < 1.29 is 4.79 Å². The van der Waals surface area contributed by atoms with Gasteiger partial charge in [0.2, 0.25) is 0 Å². The normalized spacial score (nSPS) is 10.2. The molecule has 1 aromatic heterocycles. The molecule has 5 heteroatoms. The molecule has 0 spiro atoms. The van der Waals surface area contributed by atoms with Crippen LogP contribution in [0.25, 0.3) is 0 Å².